The number of ether oxygens (including phenoxy) is 1. The van der Waals surface area contributed by atoms with Crippen molar-refractivity contribution >= 4 is 17.2 Å². The van der Waals surface area contributed by atoms with E-state index in [9.17, 15) is 4.79 Å². The van der Waals surface area contributed by atoms with Crippen LogP contribution in [0.5, 0.6) is 5.75 Å². The number of aromatic nitrogens is 1. The Balaban J connectivity index is 1.77. The van der Waals surface area contributed by atoms with Crippen LogP contribution in [-0.2, 0) is 6.54 Å². The molecule has 1 amide bonds. The summed E-state index contributed by atoms with van der Waals surface area (Å²) < 4.78 is 5.41. The van der Waals surface area contributed by atoms with Crippen molar-refractivity contribution in [1.82, 2.24) is 9.88 Å². The maximum atomic E-state index is 12.8. The lowest BCUT2D eigenvalue weighted by Gasteiger charge is -2.18. The van der Waals surface area contributed by atoms with Crippen LogP contribution in [0.15, 0.2) is 47.8 Å². The largest absolute Gasteiger partial charge is 0.496 e. The lowest BCUT2D eigenvalue weighted by molar-refractivity contribution is 0.0779. The summed E-state index contributed by atoms with van der Waals surface area (Å²) in [7, 11) is 3.43. The number of aryl methyl sites for hydroxylation is 2. The van der Waals surface area contributed by atoms with Gasteiger partial charge in [0, 0.05) is 30.1 Å². The molecule has 0 saturated heterocycles. The minimum Gasteiger partial charge on any atom is -0.496 e. The lowest BCUT2D eigenvalue weighted by atomic mass is 10.1. The van der Waals surface area contributed by atoms with Crippen molar-refractivity contribution in [3.8, 4) is 16.3 Å². The van der Waals surface area contributed by atoms with Crippen molar-refractivity contribution in [3.63, 3.8) is 0 Å². The Labute approximate surface area is 158 Å². The molecule has 1 aromatic heterocycles. The van der Waals surface area contributed by atoms with Crippen LogP contribution >= 0.6 is 11.3 Å². The Bertz CT molecular complexity index is 916. The minimum absolute atomic E-state index is 0.0943. The molecule has 0 unspecified atom stereocenters. The van der Waals surface area contributed by atoms with Crippen molar-refractivity contribution in [2.45, 2.75) is 20.4 Å². The van der Waals surface area contributed by atoms with E-state index in [1.54, 1.807) is 19.1 Å². The van der Waals surface area contributed by atoms with E-state index in [0.717, 1.165) is 27.4 Å². The first kappa shape index (κ1) is 18.1. The molecule has 0 aliphatic rings. The summed E-state index contributed by atoms with van der Waals surface area (Å²) in [6, 6.07) is 14.1. The third-order valence-electron chi connectivity index (χ3n) is 4.21. The van der Waals surface area contributed by atoms with Gasteiger partial charge in [-0.25, -0.2) is 4.98 Å². The zero-order chi connectivity index (χ0) is 18.7. The van der Waals surface area contributed by atoms with Gasteiger partial charge in [-0.3, -0.25) is 4.79 Å². The van der Waals surface area contributed by atoms with E-state index in [0.29, 0.717) is 12.2 Å². The number of carbonyl (C=O) groups is 1. The van der Waals surface area contributed by atoms with Crippen LogP contribution in [0.4, 0.5) is 0 Å². The molecule has 0 N–H and O–H groups in total. The summed E-state index contributed by atoms with van der Waals surface area (Å²) in [6.07, 6.45) is 0. The highest BCUT2D eigenvalue weighted by atomic mass is 32.1. The number of carbonyl (C=O) groups excluding carboxylic acids is 1. The summed E-state index contributed by atoms with van der Waals surface area (Å²) in [5, 5.41) is 2.68. The summed E-state index contributed by atoms with van der Waals surface area (Å²) in [5.74, 6) is 0.692. The smallest absolute Gasteiger partial charge is 0.273 e. The molecule has 0 aliphatic carbocycles. The SMILES string of the molecule is COc1ccc(C)cc1CN(C)C(=O)c1csc(-c2ccc(C)cc2)n1. The van der Waals surface area contributed by atoms with Crippen molar-refractivity contribution in [2.24, 2.45) is 0 Å². The summed E-state index contributed by atoms with van der Waals surface area (Å²) in [6.45, 7) is 4.55. The van der Waals surface area contributed by atoms with Crippen LogP contribution in [0.1, 0.15) is 27.2 Å². The molecule has 1 heterocycles. The highest BCUT2D eigenvalue weighted by Gasteiger charge is 2.18. The molecule has 5 heteroatoms. The van der Waals surface area contributed by atoms with Crippen LogP contribution in [-0.4, -0.2) is 29.9 Å². The van der Waals surface area contributed by atoms with Gasteiger partial charge < -0.3 is 9.64 Å². The molecule has 0 bridgehead atoms. The minimum atomic E-state index is -0.0943. The zero-order valence-corrected chi connectivity index (χ0v) is 16.3. The quantitative estimate of drug-likeness (QED) is 0.657. The third kappa shape index (κ3) is 3.94. The van der Waals surface area contributed by atoms with Gasteiger partial charge in [0.1, 0.15) is 16.5 Å². The fraction of sp³-hybridized carbons (Fsp3) is 0.238. The van der Waals surface area contributed by atoms with Crippen molar-refractivity contribution < 1.29 is 9.53 Å². The number of methoxy groups -OCH3 is 1. The first-order chi connectivity index (χ1) is 12.5. The Morgan fingerprint density at radius 3 is 2.50 bits per heavy atom. The number of hydrogen-bond donors (Lipinski definition) is 0. The van der Waals surface area contributed by atoms with Crippen LogP contribution < -0.4 is 4.74 Å². The van der Waals surface area contributed by atoms with Crippen molar-refractivity contribution in [1.29, 1.82) is 0 Å². The average molecular weight is 366 g/mol. The Hall–Kier alpha value is -2.66. The fourth-order valence-corrected chi connectivity index (χ4v) is 3.55. The average Bonchev–Trinajstić information content (AvgIpc) is 3.12. The van der Waals surface area contributed by atoms with Gasteiger partial charge in [-0.1, -0.05) is 47.5 Å². The van der Waals surface area contributed by atoms with E-state index in [1.807, 2.05) is 54.8 Å². The first-order valence-corrected chi connectivity index (χ1v) is 9.27. The van der Waals surface area contributed by atoms with Gasteiger partial charge in [-0.05, 0) is 19.9 Å². The van der Waals surface area contributed by atoms with E-state index in [4.69, 9.17) is 4.74 Å². The molecule has 0 fully saturated rings. The summed E-state index contributed by atoms with van der Waals surface area (Å²) in [5.41, 5.74) is 4.82. The molecule has 0 saturated carbocycles. The second-order valence-electron chi connectivity index (χ2n) is 6.38. The number of benzene rings is 2. The molecule has 0 radical (unpaired) electrons. The number of thiazole rings is 1. The molecular weight excluding hydrogens is 344 g/mol. The maximum Gasteiger partial charge on any atom is 0.273 e. The van der Waals surface area contributed by atoms with Crippen LogP contribution in [0.3, 0.4) is 0 Å². The van der Waals surface area contributed by atoms with E-state index < -0.39 is 0 Å². The van der Waals surface area contributed by atoms with Gasteiger partial charge in [0.15, 0.2) is 0 Å². The molecule has 3 rings (SSSR count). The molecular formula is C21H22N2O2S. The zero-order valence-electron chi connectivity index (χ0n) is 15.4. The molecule has 2 aromatic carbocycles. The predicted molar refractivity (Wildman–Crippen MR) is 106 cm³/mol. The van der Waals surface area contributed by atoms with Crippen LogP contribution in [0.25, 0.3) is 10.6 Å². The molecule has 3 aromatic rings. The van der Waals surface area contributed by atoms with Gasteiger partial charge in [-0.15, -0.1) is 11.3 Å². The first-order valence-electron chi connectivity index (χ1n) is 8.39. The predicted octanol–water partition coefficient (Wildman–Crippen LogP) is 4.71. The second-order valence-corrected chi connectivity index (χ2v) is 7.24. The molecule has 0 spiro atoms. The van der Waals surface area contributed by atoms with E-state index in [-0.39, 0.29) is 5.91 Å². The lowest BCUT2D eigenvalue weighted by Crippen LogP contribution is -2.26. The third-order valence-corrected chi connectivity index (χ3v) is 5.10. The van der Waals surface area contributed by atoms with Gasteiger partial charge in [-0.2, -0.15) is 0 Å². The summed E-state index contributed by atoms with van der Waals surface area (Å²) >= 11 is 1.49. The Morgan fingerprint density at radius 2 is 1.81 bits per heavy atom. The summed E-state index contributed by atoms with van der Waals surface area (Å²) in [4.78, 5) is 19.0. The number of amides is 1. The van der Waals surface area contributed by atoms with E-state index in [2.05, 4.69) is 11.9 Å². The molecule has 0 atom stereocenters. The van der Waals surface area contributed by atoms with Crippen molar-refractivity contribution in [2.75, 3.05) is 14.2 Å². The van der Waals surface area contributed by atoms with Crippen LogP contribution in [0, 0.1) is 13.8 Å². The number of hydrogen-bond acceptors (Lipinski definition) is 4. The monoisotopic (exact) mass is 366 g/mol. The molecule has 134 valence electrons. The van der Waals surface area contributed by atoms with Gasteiger partial charge in [0.05, 0.1) is 7.11 Å². The van der Waals surface area contributed by atoms with Gasteiger partial charge >= 0.3 is 0 Å². The van der Waals surface area contributed by atoms with Gasteiger partial charge in [0.2, 0.25) is 0 Å². The standard InChI is InChI=1S/C21H22N2O2S/c1-14-5-8-16(9-6-14)20-22-18(13-26-20)21(24)23(3)12-17-11-15(2)7-10-19(17)25-4/h5-11,13H,12H2,1-4H3. The number of nitrogens with zero attached hydrogens (tertiary/aromatic N) is 2. The normalized spacial score (nSPS) is 10.6. The van der Waals surface area contributed by atoms with E-state index >= 15 is 0 Å². The number of rotatable bonds is 5. The van der Waals surface area contributed by atoms with Crippen molar-refractivity contribution in [3.05, 3.63) is 70.2 Å². The topological polar surface area (TPSA) is 42.4 Å². The molecule has 0 aliphatic heterocycles. The Morgan fingerprint density at radius 1 is 1.12 bits per heavy atom. The molecule has 4 nitrogen and oxygen atoms in total. The van der Waals surface area contributed by atoms with Crippen LogP contribution in [0.2, 0.25) is 0 Å². The highest BCUT2D eigenvalue weighted by Crippen LogP contribution is 2.25. The highest BCUT2D eigenvalue weighted by molar-refractivity contribution is 7.13. The second kappa shape index (κ2) is 7.70. The molecule has 26 heavy (non-hydrogen) atoms. The maximum absolute atomic E-state index is 12.8. The van der Waals surface area contributed by atoms with E-state index in [1.165, 1.54) is 16.9 Å². The van der Waals surface area contributed by atoms with Gasteiger partial charge in [0.25, 0.3) is 5.91 Å². The fourth-order valence-electron chi connectivity index (χ4n) is 2.75. The Kier molecular flexibility index (Phi) is 5.38.